The molecule has 4 aromatic heterocycles. The minimum absolute atomic E-state index is 0.0357. The van der Waals surface area contributed by atoms with Crippen LogP contribution >= 0.6 is 11.3 Å². The smallest absolute Gasteiger partial charge is 0.229 e. The van der Waals surface area contributed by atoms with E-state index in [2.05, 4.69) is 30.5 Å². The molecule has 136 valence electrons. The Labute approximate surface area is 157 Å². The molecule has 2 N–H and O–H groups in total. The number of pyridine rings is 1. The van der Waals surface area contributed by atoms with Crippen LogP contribution < -0.4 is 10.1 Å². The molecule has 1 aliphatic carbocycles. The third-order valence-corrected chi connectivity index (χ3v) is 5.35. The topological polar surface area (TPSA) is 111 Å². The van der Waals surface area contributed by atoms with Gasteiger partial charge in [0.2, 0.25) is 11.8 Å². The second kappa shape index (κ2) is 6.16. The van der Waals surface area contributed by atoms with Crippen molar-refractivity contribution in [3.63, 3.8) is 0 Å². The summed E-state index contributed by atoms with van der Waals surface area (Å²) < 4.78 is 7.83. The molecular weight excluding hydrogens is 366 g/mol. The second-order valence-electron chi connectivity index (χ2n) is 6.25. The Morgan fingerprint density at radius 3 is 3.00 bits per heavy atom. The molecule has 1 fully saturated rings. The van der Waals surface area contributed by atoms with Gasteiger partial charge in [-0.1, -0.05) is 11.3 Å². The number of methoxy groups -OCH3 is 1. The first-order chi connectivity index (χ1) is 13.2. The zero-order chi connectivity index (χ0) is 18.4. The Bertz CT molecular complexity index is 1120. The number of aromatic nitrogens is 6. The molecule has 9 nitrogen and oxygen atoms in total. The zero-order valence-electron chi connectivity index (χ0n) is 14.3. The van der Waals surface area contributed by atoms with E-state index in [1.807, 2.05) is 10.6 Å². The number of amides is 1. The third kappa shape index (κ3) is 2.83. The van der Waals surface area contributed by atoms with Crippen LogP contribution in [0.25, 0.3) is 27.4 Å². The Balaban J connectivity index is 1.51. The van der Waals surface area contributed by atoms with Crippen molar-refractivity contribution in [3.05, 3.63) is 30.9 Å². The zero-order valence-corrected chi connectivity index (χ0v) is 15.2. The van der Waals surface area contributed by atoms with Gasteiger partial charge in [-0.05, 0) is 18.9 Å². The van der Waals surface area contributed by atoms with Crippen molar-refractivity contribution in [1.82, 2.24) is 29.7 Å². The van der Waals surface area contributed by atoms with Gasteiger partial charge >= 0.3 is 0 Å². The summed E-state index contributed by atoms with van der Waals surface area (Å²) in [6, 6.07) is 3.71. The van der Waals surface area contributed by atoms with E-state index in [4.69, 9.17) is 4.74 Å². The molecule has 0 spiro atoms. The van der Waals surface area contributed by atoms with Crippen LogP contribution in [0.3, 0.4) is 0 Å². The normalized spacial score (nSPS) is 13.8. The maximum absolute atomic E-state index is 12.0. The molecule has 10 heteroatoms. The molecule has 0 unspecified atom stereocenters. The summed E-state index contributed by atoms with van der Waals surface area (Å²) in [5.74, 6) is 1.39. The second-order valence-corrected chi connectivity index (χ2v) is 7.24. The van der Waals surface area contributed by atoms with Gasteiger partial charge in [-0.3, -0.25) is 14.5 Å². The first-order valence-corrected chi connectivity index (χ1v) is 9.23. The number of hydrogen-bond donors (Lipinski definition) is 2. The van der Waals surface area contributed by atoms with Crippen LogP contribution in [-0.2, 0) is 4.79 Å². The predicted molar refractivity (Wildman–Crippen MR) is 100 cm³/mol. The van der Waals surface area contributed by atoms with Gasteiger partial charge in [-0.15, -0.1) is 0 Å². The summed E-state index contributed by atoms with van der Waals surface area (Å²) in [6.07, 6.45) is 7.08. The SMILES string of the molecule is COc1ccc(-c2cncn2-c2n[nH]c3nc(NC(=O)C4CC4)sc23)cn1. The third-order valence-electron chi connectivity index (χ3n) is 4.38. The van der Waals surface area contributed by atoms with Gasteiger partial charge in [-0.2, -0.15) is 5.10 Å². The molecule has 0 aromatic carbocycles. The van der Waals surface area contributed by atoms with Crippen molar-refractivity contribution in [2.24, 2.45) is 5.92 Å². The molecule has 27 heavy (non-hydrogen) atoms. The first-order valence-electron chi connectivity index (χ1n) is 8.42. The fourth-order valence-corrected chi connectivity index (χ4v) is 3.71. The van der Waals surface area contributed by atoms with E-state index in [9.17, 15) is 4.79 Å². The quantitative estimate of drug-likeness (QED) is 0.550. The lowest BCUT2D eigenvalue weighted by Gasteiger charge is -2.05. The van der Waals surface area contributed by atoms with Crippen molar-refractivity contribution < 1.29 is 9.53 Å². The molecule has 0 bridgehead atoms. The van der Waals surface area contributed by atoms with Gasteiger partial charge in [-0.25, -0.2) is 15.0 Å². The number of ether oxygens (including phenoxy) is 1. The number of H-pyrrole nitrogens is 1. The van der Waals surface area contributed by atoms with Gasteiger partial charge in [0.05, 0.1) is 19.0 Å². The molecule has 0 aliphatic heterocycles. The molecule has 4 heterocycles. The molecule has 1 aliphatic rings. The number of imidazole rings is 1. The highest BCUT2D eigenvalue weighted by Gasteiger charge is 2.30. The number of hydrogen-bond acceptors (Lipinski definition) is 7. The van der Waals surface area contributed by atoms with Crippen molar-refractivity contribution in [2.75, 3.05) is 12.4 Å². The molecule has 0 atom stereocenters. The maximum atomic E-state index is 12.0. The van der Waals surface area contributed by atoms with Crippen molar-refractivity contribution >= 4 is 32.7 Å². The number of carbonyl (C=O) groups excluding carboxylic acids is 1. The fourth-order valence-electron chi connectivity index (χ4n) is 2.80. The summed E-state index contributed by atoms with van der Waals surface area (Å²) in [6.45, 7) is 0. The Morgan fingerprint density at radius 1 is 1.37 bits per heavy atom. The molecule has 0 saturated heterocycles. The highest BCUT2D eigenvalue weighted by Crippen LogP contribution is 2.34. The minimum atomic E-state index is 0.0357. The van der Waals surface area contributed by atoms with Gasteiger partial charge in [0.25, 0.3) is 0 Å². The standard InChI is InChI=1S/C17H15N7O2S/c1-26-12-5-4-10(6-19-12)11-7-18-8-24(11)15-13-14(22-23-15)20-17(27-13)21-16(25)9-2-3-9/h4-9H,2-3H2,1H3,(H2,20,21,22,23,25). The first kappa shape index (κ1) is 15.9. The average Bonchev–Trinajstić information content (AvgIpc) is 3.12. The number of nitrogens with zero attached hydrogens (tertiary/aromatic N) is 5. The Morgan fingerprint density at radius 2 is 2.26 bits per heavy atom. The largest absolute Gasteiger partial charge is 0.481 e. The lowest BCUT2D eigenvalue weighted by molar-refractivity contribution is -0.117. The van der Waals surface area contributed by atoms with Crippen LogP contribution in [0.15, 0.2) is 30.9 Å². The monoisotopic (exact) mass is 381 g/mol. The Kier molecular flexibility index (Phi) is 3.64. The number of carbonyl (C=O) groups is 1. The molecule has 1 saturated carbocycles. The average molecular weight is 381 g/mol. The number of nitrogens with one attached hydrogen (secondary N) is 2. The lowest BCUT2D eigenvalue weighted by Crippen LogP contribution is -2.12. The van der Waals surface area contributed by atoms with E-state index in [1.165, 1.54) is 11.3 Å². The van der Waals surface area contributed by atoms with Crippen molar-refractivity contribution in [3.8, 4) is 23.0 Å². The van der Waals surface area contributed by atoms with Crippen molar-refractivity contribution in [2.45, 2.75) is 12.8 Å². The molecule has 4 aromatic rings. The van der Waals surface area contributed by atoms with Crippen LogP contribution in [0.4, 0.5) is 5.13 Å². The summed E-state index contributed by atoms with van der Waals surface area (Å²) in [5, 5.41) is 10.8. The van der Waals surface area contributed by atoms with Crippen LogP contribution in [-0.4, -0.2) is 42.7 Å². The number of fused-ring (bicyclic) bond motifs is 1. The highest BCUT2D eigenvalue weighted by atomic mass is 32.1. The van der Waals surface area contributed by atoms with Crippen LogP contribution in [0, 0.1) is 5.92 Å². The van der Waals surface area contributed by atoms with E-state index in [0.717, 1.165) is 28.8 Å². The number of anilines is 1. The van der Waals surface area contributed by atoms with Gasteiger partial charge < -0.3 is 10.1 Å². The fraction of sp³-hybridized carbons (Fsp3) is 0.235. The van der Waals surface area contributed by atoms with Crippen LogP contribution in [0.5, 0.6) is 5.88 Å². The number of thiazole rings is 1. The molecule has 5 rings (SSSR count). The van der Waals surface area contributed by atoms with Crippen molar-refractivity contribution in [1.29, 1.82) is 0 Å². The summed E-state index contributed by atoms with van der Waals surface area (Å²) >= 11 is 1.39. The molecule has 1 amide bonds. The van der Waals surface area contributed by atoms with E-state index < -0.39 is 0 Å². The number of aromatic amines is 1. The van der Waals surface area contributed by atoms with E-state index in [0.29, 0.717) is 22.5 Å². The summed E-state index contributed by atoms with van der Waals surface area (Å²) in [7, 11) is 1.58. The maximum Gasteiger partial charge on any atom is 0.229 e. The minimum Gasteiger partial charge on any atom is -0.481 e. The highest BCUT2D eigenvalue weighted by molar-refractivity contribution is 7.22. The van der Waals surface area contributed by atoms with Crippen LogP contribution in [0.2, 0.25) is 0 Å². The van der Waals surface area contributed by atoms with Gasteiger partial charge in [0.15, 0.2) is 16.6 Å². The van der Waals surface area contributed by atoms with Gasteiger partial charge in [0, 0.05) is 23.7 Å². The summed E-state index contributed by atoms with van der Waals surface area (Å²) in [4.78, 5) is 24.9. The van der Waals surface area contributed by atoms with E-state index in [1.54, 1.807) is 31.9 Å². The molecule has 0 radical (unpaired) electrons. The van der Waals surface area contributed by atoms with Gasteiger partial charge in [0.1, 0.15) is 11.0 Å². The Hall–Kier alpha value is -3.27. The van der Waals surface area contributed by atoms with E-state index in [-0.39, 0.29) is 11.8 Å². The molecular formula is C17H15N7O2S. The number of rotatable bonds is 5. The summed E-state index contributed by atoms with van der Waals surface area (Å²) in [5.41, 5.74) is 2.36. The predicted octanol–water partition coefficient (Wildman–Crippen LogP) is 2.62. The van der Waals surface area contributed by atoms with E-state index >= 15 is 0 Å². The van der Waals surface area contributed by atoms with Crippen LogP contribution in [0.1, 0.15) is 12.8 Å². The lowest BCUT2D eigenvalue weighted by atomic mass is 10.2.